The molecule has 0 aliphatic carbocycles. The number of rotatable bonds is 8. The van der Waals surface area contributed by atoms with E-state index < -0.39 is 5.97 Å². The molecule has 0 aliphatic heterocycles. The van der Waals surface area contributed by atoms with Gasteiger partial charge in [0.25, 0.3) is 5.91 Å². The van der Waals surface area contributed by atoms with Crippen molar-refractivity contribution in [3.63, 3.8) is 0 Å². The molecule has 0 saturated carbocycles. The lowest BCUT2D eigenvalue weighted by atomic mass is 10.0. The van der Waals surface area contributed by atoms with Crippen LogP contribution in [0.4, 0.5) is 9.39 Å². The van der Waals surface area contributed by atoms with Crippen LogP contribution in [-0.2, 0) is 11.3 Å². The number of halogens is 1. The van der Waals surface area contributed by atoms with Gasteiger partial charge in [0.15, 0.2) is 0 Å². The highest BCUT2D eigenvalue weighted by atomic mass is 32.1. The van der Waals surface area contributed by atoms with Crippen molar-refractivity contribution in [2.75, 3.05) is 11.9 Å². The van der Waals surface area contributed by atoms with E-state index in [1.165, 1.54) is 23.5 Å². The van der Waals surface area contributed by atoms with Gasteiger partial charge in [-0.05, 0) is 49.6 Å². The van der Waals surface area contributed by atoms with Crippen LogP contribution in [0, 0.1) is 12.7 Å². The highest BCUT2D eigenvalue weighted by Gasteiger charge is 2.26. The van der Waals surface area contributed by atoms with Gasteiger partial charge in [0, 0.05) is 28.4 Å². The van der Waals surface area contributed by atoms with Crippen molar-refractivity contribution in [1.82, 2.24) is 4.57 Å². The number of fused-ring (bicyclic) bond motifs is 1. The number of esters is 1. The van der Waals surface area contributed by atoms with Crippen LogP contribution < -0.4 is 5.32 Å². The van der Waals surface area contributed by atoms with Crippen molar-refractivity contribution in [1.29, 1.82) is 0 Å². The van der Waals surface area contributed by atoms with Crippen molar-refractivity contribution in [2.24, 2.45) is 0 Å². The molecule has 2 aromatic heterocycles. The number of carbonyl (C=O) groups excluding carboxylic acids is 2. The summed E-state index contributed by atoms with van der Waals surface area (Å²) in [7, 11) is 0. The van der Waals surface area contributed by atoms with E-state index in [1.807, 2.05) is 31.2 Å². The van der Waals surface area contributed by atoms with Crippen molar-refractivity contribution < 1.29 is 18.7 Å². The van der Waals surface area contributed by atoms with Crippen LogP contribution in [-0.4, -0.2) is 23.1 Å². The molecule has 0 bridgehead atoms. The normalized spacial score (nSPS) is 11.1. The number of unbranched alkanes of at least 4 members (excludes halogenated alkanes) is 1. The van der Waals surface area contributed by atoms with Crippen LogP contribution in [0.3, 0.4) is 0 Å². The number of aryl methyl sites for hydroxylation is 2. The maximum atomic E-state index is 13.6. The summed E-state index contributed by atoms with van der Waals surface area (Å²) in [6.45, 7) is 6.73. The van der Waals surface area contributed by atoms with Crippen molar-refractivity contribution in [3.8, 4) is 11.1 Å². The van der Waals surface area contributed by atoms with Crippen molar-refractivity contribution in [2.45, 2.75) is 40.2 Å². The van der Waals surface area contributed by atoms with Gasteiger partial charge in [0.1, 0.15) is 22.1 Å². The number of thiophene rings is 1. The average molecular weight is 479 g/mol. The second kappa shape index (κ2) is 10.2. The third-order valence-corrected chi connectivity index (χ3v) is 6.72. The van der Waals surface area contributed by atoms with E-state index in [2.05, 4.69) is 16.8 Å². The molecule has 2 heterocycles. The highest BCUT2D eigenvalue weighted by Crippen LogP contribution is 2.37. The van der Waals surface area contributed by atoms with E-state index in [0.717, 1.165) is 35.9 Å². The number of amides is 1. The second-order valence-electron chi connectivity index (χ2n) is 8.03. The molecule has 0 aliphatic rings. The summed E-state index contributed by atoms with van der Waals surface area (Å²) < 4.78 is 20.8. The number of benzene rings is 2. The fourth-order valence-corrected chi connectivity index (χ4v) is 5.13. The Morgan fingerprint density at radius 3 is 2.53 bits per heavy atom. The Labute approximate surface area is 202 Å². The molecular weight excluding hydrogens is 451 g/mol. The van der Waals surface area contributed by atoms with Gasteiger partial charge < -0.3 is 14.6 Å². The van der Waals surface area contributed by atoms with E-state index in [1.54, 1.807) is 24.4 Å². The number of hydrogen-bond donors (Lipinski definition) is 1. The lowest BCUT2D eigenvalue weighted by Gasteiger charge is -2.12. The smallest absolute Gasteiger partial charge is 0.341 e. The van der Waals surface area contributed by atoms with Gasteiger partial charge >= 0.3 is 5.97 Å². The first-order valence-corrected chi connectivity index (χ1v) is 12.3. The molecule has 7 heteroatoms. The van der Waals surface area contributed by atoms with E-state index in [0.29, 0.717) is 21.8 Å². The SMILES string of the molecule is CCCCn1c(C(=O)Nc2scc(-c3ccc(F)cc3)c2C(=O)OCC)c(C)c2ccccc21. The van der Waals surface area contributed by atoms with Crippen molar-refractivity contribution >= 4 is 39.1 Å². The molecule has 176 valence electrons. The van der Waals surface area contributed by atoms with Gasteiger partial charge in [-0.1, -0.05) is 43.7 Å². The van der Waals surface area contributed by atoms with E-state index >= 15 is 0 Å². The molecule has 0 fully saturated rings. The lowest BCUT2D eigenvalue weighted by Crippen LogP contribution is -2.19. The molecule has 34 heavy (non-hydrogen) atoms. The molecule has 4 rings (SSSR count). The third-order valence-electron chi connectivity index (χ3n) is 5.83. The maximum Gasteiger partial charge on any atom is 0.341 e. The maximum absolute atomic E-state index is 13.6. The van der Waals surface area contributed by atoms with Crippen LogP contribution in [0.25, 0.3) is 22.0 Å². The Bertz CT molecular complexity index is 1340. The summed E-state index contributed by atoms with van der Waals surface area (Å²) in [6.07, 6.45) is 1.95. The van der Waals surface area contributed by atoms with Crippen molar-refractivity contribution in [3.05, 3.63) is 76.5 Å². The minimum atomic E-state index is -0.526. The predicted molar refractivity (Wildman–Crippen MR) is 135 cm³/mol. The molecule has 0 unspecified atom stereocenters. The first-order chi connectivity index (χ1) is 16.5. The highest BCUT2D eigenvalue weighted by molar-refractivity contribution is 7.15. The third kappa shape index (κ3) is 4.48. The molecule has 0 spiro atoms. The van der Waals surface area contributed by atoms with E-state index in [-0.39, 0.29) is 23.9 Å². The Hall–Kier alpha value is -3.45. The molecule has 0 saturated heterocycles. The molecule has 2 aromatic carbocycles. The monoisotopic (exact) mass is 478 g/mol. The Morgan fingerprint density at radius 2 is 1.82 bits per heavy atom. The fourth-order valence-electron chi connectivity index (χ4n) is 4.18. The van der Waals surface area contributed by atoms with Crippen LogP contribution in [0.1, 0.15) is 53.1 Å². The Kier molecular flexibility index (Phi) is 7.12. The number of nitrogens with zero attached hydrogens (tertiary/aromatic N) is 1. The molecular formula is C27H27FN2O3S. The van der Waals surface area contributed by atoms with E-state index in [9.17, 15) is 14.0 Å². The predicted octanol–water partition coefficient (Wildman–Crippen LogP) is 7.05. The first-order valence-electron chi connectivity index (χ1n) is 11.4. The summed E-state index contributed by atoms with van der Waals surface area (Å²) >= 11 is 1.25. The molecule has 0 atom stereocenters. The summed E-state index contributed by atoms with van der Waals surface area (Å²) in [4.78, 5) is 26.5. The zero-order valence-corrected chi connectivity index (χ0v) is 20.3. The fraction of sp³-hybridized carbons (Fsp3) is 0.259. The molecule has 5 nitrogen and oxygen atoms in total. The summed E-state index contributed by atoms with van der Waals surface area (Å²) in [5, 5.41) is 6.20. The molecule has 4 aromatic rings. The number of aromatic nitrogens is 1. The quantitative estimate of drug-likeness (QED) is 0.276. The zero-order valence-electron chi connectivity index (χ0n) is 19.5. The van der Waals surface area contributed by atoms with Crippen LogP contribution >= 0.6 is 11.3 Å². The minimum Gasteiger partial charge on any atom is -0.462 e. The molecule has 0 radical (unpaired) electrons. The van der Waals surface area contributed by atoms with Gasteiger partial charge in [-0.2, -0.15) is 0 Å². The van der Waals surface area contributed by atoms with Crippen LogP contribution in [0.2, 0.25) is 0 Å². The summed E-state index contributed by atoms with van der Waals surface area (Å²) in [5.74, 6) is -1.16. The minimum absolute atomic E-state index is 0.204. The Balaban J connectivity index is 1.77. The topological polar surface area (TPSA) is 60.3 Å². The second-order valence-corrected chi connectivity index (χ2v) is 8.91. The van der Waals surface area contributed by atoms with Crippen LogP contribution in [0.15, 0.2) is 53.9 Å². The molecule has 1 amide bonds. The van der Waals surface area contributed by atoms with Gasteiger partial charge in [-0.15, -0.1) is 11.3 Å². The summed E-state index contributed by atoms with van der Waals surface area (Å²) in [6, 6.07) is 13.9. The van der Waals surface area contributed by atoms with Gasteiger partial charge in [-0.3, -0.25) is 4.79 Å². The zero-order chi connectivity index (χ0) is 24.2. The average Bonchev–Trinajstić information content (AvgIpc) is 3.37. The number of para-hydroxylation sites is 1. The Morgan fingerprint density at radius 1 is 1.09 bits per heavy atom. The van der Waals surface area contributed by atoms with Crippen LogP contribution in [0.5, 0.6) is 0 Å². The standard InChI is InChI=1S/C27H27FN2O3S/c1-4-6-15-30-22-10-8-7-9-20(22)17(3)24(30)25(31)29-26-23(27(32)33-5-2)21(16-34-26)18-11-13-19(28)14-12-18/h7-14,16H,4-6,15H2,1-3H3,(H,29,31). The number of nitrogens with one attached hydrogen (secondary N) is 1. The largest absolute Gasteiger partial charge is 0.462 e. The van der Waals surface area contributed by atoms with Gasteiger partial charge in [-0.25, -0.2) is 9.18 Å². The van der Waals surface area contributed by atoms with Gasteiger partial charge in [0.2, 0.25) is 0 Å². The molecule has 1 N–H and O–H groups in total. The number of ether oxygens (including phenoxy) is 1. The number of hydrogen-bond acceptors (Lipinski definition) is 4. The van der Waals surface area contributed by atoms with E-state index in [4.69, 9.17) is 4.74 Å². The number of anilines is 1. The summed E-state index contributed by atoms with van der Waals surface area (Å²) in [5.41, 5.74) is 4.05. The number of carbonyl (C=O) groups is 2. The lowest BCUT2D eigenvalue weighted by molar-refractivity contribution is 0.0529. The van der Waals surface area contributed by atoms with Gasteiger partial charge in [0.05, 0.1) is 6.61 Å². The first kappa shape index (κ1) is 23.7.